The van der Waals surface area contributed by atoms with Crippen LogP contribution in [0.4, 0.5) is 0 Å². The zero-order valence-corrected chi connectivity index (χ0v) is 21.1. The van der Waals surface area contributed by atoms with E-state index in [1.165, 1.54) is 70.6 Å². The molecule has 31 heavy (non-hydrogen) atoms. The molecular weight excluding hydrogens is 380 g/mol. The highest BCUT2D eigenvalue weighted by Gasteiger charge is 2.57. The number of allylic oxidation sites excluding steroid dienone is 2. The van der Waals surface area contributed by atoms with E-state index in [-0.39, 0.29) is 0 Å². The molecule has 1 saturated heterocycles. The minimum absolute atomic E-state index is 0.533. The van der Waals surface area contributed by atoms with Crippen LogP contribution in [-0.2, 0) is 4.74 Å². The van der Waals surface area contributed by atoms with Crippen LogP contribution in [0.2, 0.25) is 0 Å². The summed E-state index contributed by atoms with van der Waals surface area (Å²) in [6.07, 6.45) is 21.1. The summed E-state index contributed by atoms with van der Waals surface area (Å²) in [5.74, 6) is 3.73. The van der Waals surface area contributed by atoms with E-state index >= 15 is 0 Å². The van der Waals surface area contributed by atoms with E-state index in [9.17, 15) is 5.11 Å². The Bertz CT molecular complexity index is 633. The number of hydrogen-bond acceptors (Lipinski definition) is 2. The Morgan fingerprint density at radius 1 is 1.00 bits per heavy atom. The van der Waals surface area contributed by atoms with Crippen LogP contribution < -0.4 is 0 Å². The van der Waals surface area contributed by atoms with E-state index in [2.05, 4.69) is 19.9 Å². The molecule has 4 aliphatic carbocycles. The Kier molecular flexibility index (Phi) is 7.29. The van der Waals surface area contributed by atoms with Crippen molar-refractivity contribution in [2.45, 2.75) is 123 Å². The summed E-state index contributed by atoms with van der Waals surface area (Å²) in [6, 6.07) is 0. The van der Waals surface area contributed by atoms with Crippen LogP contribution in [-0.4, -0.2) is 23.9 Å². The van der Waals surface area contributed by atoms with Gasteiger partial charge in [-0.25, -0.2) is 0 Å². The average Bonchev–Trinajstić information content (AvgIpc) is 3.11. The second-order valence-electron chi connectivity index (χ2n) is 12.1. The van der Waals surface area contributed by atoms with Gasteiger partial charge in [0.05, 0.1) is 12.2 Å². The van der Waals surface area contributed by atoms with Gasteiger partial charge in [-0.15, -0.1) is 0 Å². The van der Waals surface area contributed by atoms with Crippen LogP contribution in [0.1, 0.15) is 118 Å². The molecule has 0 bridgehead atoms. The molecular formula is C29H50O2. The van der Waals surface area contributed by atoms with Crippen molar-refractivity contribution >= 4 is 0 Å². The first-order chi connectivity index (χ1) is 14.9. The topological polar surface area (TPSA) is 29.5 Å². The van der Waals surface area contributed by atoms with Gasteiger partial charge in [-0.3, -0.25) is 0 Å². The summed E-state index contributed by atoms with van der Waals surface area (Å²) >= 11 is 0. The average molecular weight is 431 g/mol. The summed E-state index contributed by atoms with van der Waals surface area (Å²) in [6.45, 7) is 10.7. The lowest BCUT2D eigenvalue weighted by molar-refractivity contribution is -0.0922. The van der Waals surface area contributed by atoms with Crippen LogP contribution in [0.25, 0.3) is 0 Å². The molecule has 0 aromatic heterocycles. The molecule has 2 heteroatoms. The molecule has 0 radical (unpaired) electrons. The van der Waals surface area contributed by atoms with E-state index in [1.54, 1.807) is 0 Å². The molecule has 1 aliphatic heterocycles. The number of ether oxygens (including phenoxy) is 1. The van der Waals surface area contributed by atoms with Crippen molar-refractivity contribution in [2.24, 2.45) is 34.5 Å². The van der Waals surface area contributed by atoms with Crippen molar-refractivity contribution in [3.05, 3.63) is 11.6 Å². The van der Waals surface area contributed by atoms with Gasteiger partial charge >= 0.3 is 0 Å². The van der Waals surface area contributed by atoms with E-state index < -0.39 is 5.60 Å². The van der Waals surface area contributed by atoms with Gasteiger partial charge in [-0.1, -0.05) is 52.2 Å². The standard InChI is InChI=1S/C27H44O2.C2H6/c1-25-14-4-3-7-20(25)9-11-22-23-12-10-21(26(23,2)17-13-24(22)25)8-5-15-27(28)16-6-18-29-19-27;1-2/h9,21-24,28H,3-8,10-19H2,1-2H3;1-2H3. The highest BCUT2D eigenvalue weighted by Crippen LogP contribution is 2.66. The van der Waals surface area contributed by atoms with Crippen molar-refractivity contribution in [3.63, 3.8) is 0 Å². The summed E-state index contributed by atoms with van der Waals surface area (Å²) in [5, 5.41) is 10.8. The second kappa shape index (κ2) is 9.49. The molecule has 0 aromatic carbocycles. The summed E-state index contributed by atoms with van der Waals surface area (Å²) < 4.78 is 5.57. The van der Waals surface area contributed by atoms with Crippen LogP contribution in [0.3, 0.4) is 0 Å². The fourth-order valence-electron chi connectivity index (χ4n) is 8.99. The lowest BCUT2D eigenvalue weighted by Crippen LogP contribution is -2.49. The third-order valence-corrected chi connectivity index (χ3v) is 10.7. The maximum Gasteiger partial charge on any atom is 0.0881 e. The highest BCUT2D eigenvalue weighted by atomic mass is 16.5. The van der Waals surface area contributed by atoms with Gasteiger partial charge in [0.1, 0.15) is 0 Å². The van der Waals surface area contributed by atoms with Gasteiger partial charge < -0.3 is 9.84 Å². The predicted molar refractivity (Wildman–Crippen MR) is 130 cm³/mol. The quantitative estimate of drug-likeness (QED) is 0.463. The van der Waals surface area contributed by atoms with Crippen LogP contribution in [0.15, 0.2) is 11.6 Å². The molecule has 2 nitrogen and oxygen atoms in total. The van der Waals surface area contributed by atoms with Gasteiger partial charge in [0.25, 0.3) is 0 Å². The fourth-order valence-corrected chi connectivity index (χ4v) is 8.99. The Morgan fingerprint density at radius 2 is 1.84 bits per heavy atom. The summed E-state index contributed by atoms with van der Waals surface area (Å²) in [4.78, 5) is 0. The molecule has 0 amide bonds. The molecule has 7 unspecified atom stereocenters. The normalized spacial score (nSPS) is 46.7. The molecule has 1 heterocycles. The van der Waals surface area contributed by atoms with Crippen LogP contribution in [0, 0.1) is 34.5 Å². The first kappa shape index (κ1) is 23.8. The third kappa shape index (κ3) is 4.30. The minimum atomic E-state index is -0.533. The molecule has 0 spiro atoms. The fraction of sp³-hybridized carbons (Fsp3) is 0.931. The molecule has 1 N–H and O–H groups in total. The Hall–Kier alpha value is -0.340. The van der Waals surface area contributed by atoms with Crippen molar-refractivity contribution in [1.29, 1.82) is 0 Å². The molecule has 178 valence electrons. The van der Waals surface area contributed by atoms with E-state index in [0.29, 0.717) is 17.4 Å². The monoisotopic (exact) mass is 430 g/mol. The van der Waals surface area contributed by atoms with Gasteiger partial charge in [-0.05, 0) is 112 Å². The molecule has 0 aromatic rings. The smallest absolute Gasteiger partial charge is 0.0881 e. The number of hydrogen-bond donors (Lipinski definition) is 1. The Balaban J connectivity index is 0.00000112. The van der Waals surface area contributed by atoms with Gasteiger partial charge in [-0.2, -0.15) is 0 Å². The zero-order chi connectivity index (χ0) is 22.1. The Labute approximate surface area is 192 Å². The number of fused-ring (bicyclic) bond motifs is 5. The second-order valence-corrected chi connectivity index (χ2v) is 12.1. The van der Waals surface area contributed by atoms with Crippen LogP contribution >= 0.6 is 0 Å². The molecule has 4 fully saturated rings. The summed E-state index contributed by atoms with van der Waals surface area (Å²) in [5.41, 5.74) is 2.40. The molecule has 7 atom stereocenters. The van der Waals surface area contributed by atoms with E-state index in [1.807, 2.05) is 19.4 Å². The molecule has 5 aliphatic rings. The van der Waals surface area contributed by atoms with Gasteiger partial charge in [0, 0.05) is 6.61 Å². The lowest BCUT2D eigenvalue weighted by atomic mass is 9.47. The number of rotatable bonds is 4. The highest BCUT2D eigenvalue weighted by molar-refractivity contribution is 5.24. The Morgan fingerprint density at radius 3 is 2.61 bits per heavy atom. The third-order valence-electron chi connectivity index (χ3n) is 10.7. The largest absolute Gasteiger partial charge is 0.387 e. The first-order valence-corrected chi connectivity index (χ1v) is 13.9. The molecule has 3 saturated carbocycles. The first-order valence-electron chi connectivity index (χ1n) is 13.9. The lowest BCUT2D eigenvalue weighted by Gasteiger charge is -2.57. The van der Waals surface area contributed by atoms with Crippen molar-refractivity contribution in [3.8, 4) is 0 Å². The minimum Gasteiger partial charge on any atom is -0.387 e. The maximum absolute atomic E-state index is 10.8. The zero-order valence-electron chi connectivity index (χ0n) is 21.1. The maximum atomic E-state index is 10.8. The SMILES string of the molecule is CC.CC12CCCCC1=CCC1C2CCC2(C)C(CCCC3(O)CCCOC3)CCC12. The van der Waals surface area contributed by atoms with Gasteiger partial charge in [0.2, 0.25) is 0 Å². The molecule has 5 rings (SSSR count). The van der Waals surface area contributed by atoms with Crippen molar-refractivity contribution in [2.75, 3.05) is 13.2 Å². The van der Waals surface area contributed by atoms with Gasteiger partial charge in [0.15, 0.2) is 0 Å². The number of aliphatic hydroxyl groups is 1. The van der Waals surface area contributed by atoms with Crippen LogP contribution in [0.5, 0.6) is 0 Å². The summed E-state index contributed by atoms with van der Waals surface area (Å²) in [7, 11) is 0. The predicted octanol–water partition coefficient (Wildman–Crippen LogP) is 7.69. The van der Waals surface area contributed by atoms with E-state index in [0.717, 1.165) is 49.5 Å². The van der Waals surface area contributed by atoms with E-state index in [4.69, 9.17) is 4.74 Å². The van der Waals surface area contributed by atoms with Crippen molar-refractivity contribution in [1.82, 2.24) is 0 Å². The van der Waals surface area contributed by atoms with Crippen molar-refractivity contribution < 1.29 is 9.84 Å².